The zero-order valence-electron chi connectivity index (χ0n) is 30.8. The minimum absolute atomic E-state index is 0.0296. The van der Waals surface area contributed by atoms with Gasteiger partial charge in [-0.1, -0.05) is 57.2 Å². The Morgan fingerprint density at radius 1 is 1.07 bits per heavy atom. The summed E-state index contributed by atoms with van der Waals surface area (Å²) in [7, 11) is -16.4. The van der Waals surface area contributed by atoms with E-state index in [1.807, 2.05) is 13.0 Å². The summed E-state index contributed by atoms with van der Waals surface area (Å²) >= 11 is 1.01. The Labute approximate surface area is 330 Å². The Hall–Kier alpha value is -2.96. The number of aliphatic hydroxyl groups excluding tert-OH is 2. The minimum atomic E-state index is -5.57. The van der Waals surface area contributed by atoms with Crippen molar-refractivity contribution < 1.29 is 80.5 Å². The van der Waals surface area contributed by atoms with Gasteiger partial charge in [-0.2, -0.15) is 4.31 Å². The van der Waals surface area contributed by atoms with Crippen molar-refractivity contribution in [2.24, 2.45) is 5.41 Å². The number of nitrogen functional groups attached to an aromatic ring is 1. The van der Waals surface area contributed by atoms with E-state index in [0.717, 1.165) is 41.8 Å². The molecule has 2 aromatic heterocycles. The van der Waals surface area contributed by atoms with Crippen molar-refractivity contribution in [2.75, 3.05) is 37.8 Å². The molecule has 0 aromatic carbocycles. The Morgan fingerprint density at radius 3 is 2.46 bits per heavy atom. The monoisotopic (exact) mass is 889 g/mol. The number of phosphoric ester groups is 3. The number of carbonyl (C=O) groups excluding carboxylic acids is 3. The average Bonchev–Trinajstić information content (AvgIpc) is 3.68. The Bertz CT molecular complexity index is 1910. The summed E-state index contributed by atoms with van der Waals surface area (Å²) in [5, 5.41) is 26.2. The maximum absolute atomic E-state index is 12.7. The summed E-state index contributed by atoms with van der Waals surface area (Å²) in [5.41, 5.74) is 4.26. The maximum Gasteiger partial charge on any atom is 0.481 e. The third-order valence-corrected chi connectivity index (χ3v) is 11.6. The Balaban J connectivity index is 1.47. The highest BCUT2D eigenvalue weighted by atomic mass is 32.2. The highest BCUT2D eigenvalue weighted by Crippen LogP contribution is 2.61. The summed E-state index contributed by atoms with van der Waals surface area (Å²) in [5.74, 6) is -1.15. The number of ether oxygens (including phenoxy) is 1. The van der Waals surface area contributed by atoms with Crippen LogP contribution in [0.5, 0.6) is 0 Å². The van der Waals surface area contributed by atoms with Crippen molar-refractivity contribution in [1.82, 2.24) is 30.2 Å². The Kier molecular flexibility index (Phi) is 18.1. The molecule has 0 spiro atoms. The van der Waals surface area contributed by atoms with Crippen LogP contribution in [-0.2, 0) is 50.7 Å². The summed E-state index contributed by atoms with van der Waals surface area (Å²) in [6.45, 7) is 2.50. The van der Waals surface area contributed by atoms with Gasteiger partial charge in [0.2, 0.25) is 16.9 Å². The van der Waals surface area contributed by atoms with Crippen LogP contribution >= 0.6 is 35.2 Å². The number of amides is 2. The smallest absolute Gasteiger partial charge is 0.386 e. The minimum Gasteiger partial charge on any atom is -0.386 e. The molecule has 0 aliphatic carbocycles. The van der Waals surface area contributed by atoms with Crippen molar-refractivity contribution in [1.29, 1.82) is 0 Å². The van der Waals surface area contributed by atoms with Crippen molar-refractivity contribution in [2.45, 2.75) is 70.7 Å². The number of rotatable bonds is 23. The normalized spacial score (nSPS) is 21.8. The first kappa shape index (κ1) is 48.4. The zero-order valence-corrected chi connectivity index (χ0v) is 34.3. The number of aromatic nitrogens is 4. The molecule has 320 valence electrons. The van der Waals surface area contributed by atoms with Gasteiger partial charge in [-0.05, 0) is 12.5 Å². The van der Waals surface area contributed by atoms with Gasteiger partial charge in [0.05, 0.1) is 19.5 Å². The van der Waals surface area contributed by atoms with E-state index in [1.165, 1.54) is 19.9 Å². The number of nitrogens with one attached hydrogen (secondary N) is 2. The molecule has 1 aliphatic rings. The predicted octanol–water partition coefficient (Wildman–Crippen LogP) is 0.577. The number of phosphoric acid groups is 3. The van der Waals surface area contributed by atoms with Crippen LogP contribution < -0.4 is 16.4 Å². The summed E-state index contributed by atoms with van der Waals surface area (Å²) in [6.07, 6.45) is 1.75. The predicted molar refractivity (Wildman–Crippen MR) is 200 cm³/mol. The standard InChI is InChI=1S/C29H46N7O17P3S/c1-4-5-6-7-8-9-20(38)57-13-12-31-19(37)10-11-32-27(41)24(40)29(2,3)15-50-56(47,48)53-55(45,46)49-14-18-23(52-54(42,43)44)22(39)28(51-18)36-17-35-21-25(30)33-16-34-26(21)36/h6-9,16-18,22-24,28,39-40H,4-5,10-15H2,1-3H3,(H,31,37)(H,32,41)(H,45,46)(H,47,48)(H2,30,33,34)(H2,42,43,44)/b7-6+,9-8+. The number of nitrogens with zero attached hydrogens (tertiary/aromatic N) is 4. The van der Waals surface area contributed by atoms with Crippen molar-refractivity contribution in [3.63, 3.8) is 0 Å². The quantitative estimate of drug-likeness (QED) is 0.0319. The molecule has 2 aromatic rings. The highest BCUT2D eigenvalue weighted by molar-refractivity contribution is 8.14. The maximum atomic E-state index is 12.7. The molecule has 57 heavy (non-hydrogen) atoms. The number of allylic oxidation sites excluding steroid dienone is 3. The van der Waals surface area contributed by atoms with Crippen molar-refractivity contribution >= 4 is 69.1 Å². The first-order valence-corrected chi connectivity index (χ1v) is 22.5. The summed E-state index contributed by atoms with van der Waals surface area (Å²) in [6, 6.07) is 0. The van der Waals surface area contributed by atoms with Gasteiger partial charge < -0.3 is 50.9 Å². The van der Waals surface area contributed by atoms with E-state index in [0.29, 0.717) is 5.75 Å². The number of nitrogens with two attached hydrogens (primary N) is 1. The first-order valence-electron chi connectivity index (χ1n) is 16.9. The van der Waals surface area contributed by atoms with Gasteiger partial charge in [0, 0.05) is 30.7 Å². The summed E-state index contributed by atoms with van der Waals surface area (Å²) < 4.78 is 62.1. The van der Waals surface area contributed by atoms with E-state index in [1.54, 1.807) is 12.2 Å². The average molecular weight is 890 g/mol. The van der Waals surface area contributed by atoms with Crippen molar-refractivity contribution in [3.8, 4) is 0 Å². The number of hydrogen-bond donors (Lipinski definition) is 9. The van der Waals surface area contributed by atoms with E-state index >= 15 is 0 Å². The van der Waals surface area contributed by atoms with Crippen LogP contribution in [0.3, 0.4) is 0 Å². The molecular weight excluding hydrogens is 843 g/mol. The van der Waals surface area contributed by atoms with Gasteiger partial charge >= 0.3 is 23.5 Å². The lowest BCUT2D eigenvalue weighted by molar-refractivity contribution is -0.137. The molecule has 1 fully saturated rings. The van der Waals surface area contributed by atoms with Gasteiger partial charge in [0.15, 0.2) is 17.7 Å². The van der Waals surface area contributed by atoms with Crippen LogP contribution in [0, 0.1) is 5.41 Å². The van der Waals surface area contributed by atoms with E-state index in [2.05, 4.69) is 34.4 Å². The van der Waals surface area contributed by atoms with Crippen LogP contribution in [0.15, 0.2) is 37.0 Å². The van der Waals surface area contributed by atoms with Crippen molar-refractivity contribution in [3.05, 3.63) is 37.0 Å². The highest BCUT2D eigenvalue weighted by Gasteiger charge is 2.50. The van der Waals surface area contributed by atoms with Crippen LogP contribution in [0.4, 0.5) is 5.82 Å². The molecule has 7 atom stereocenters. The van der Waals surface area contributed by atoms with E-state index in [9.17, 15) is 57.9 Å². The van der Waals surface area contributed by atoms with Gasteiger partial charge in [0.25, 0.3) is 0 Å². The number of fused-ring (bicyclic) bond motifs is 1. The largest absolute Gasteiger partial charge is 0.481 e. The molecule has 1 aliphatic heterocycles. The number of thioether (sulfide) groups is 1. The molecular formula is C29H46N7O17P3S. The van der Waals surface area contributed by atoms with Gasteiger partial charge in [0.1, 0.15) is 36.3 Å². The second-order valence-corrected chi connectivity index (χ2v) is 18.1. The second-order valence-electron chi connectivity index (χ2n) is 12.8. The van der Waals surface area contributed by atoms with Crippen LogP contribution in [0.2, 0.25) is 0 Å². The van der Waals surface area contributed by atoms with Gasteiger partial charge in [-0.3, -0.25) is 32.5 Å². The lowest BCUT2D eigenvalue weighted by Crippen LogP contribution is -2.46. The molecule has 0 bridgehead atoms. The molecule has 3 heterocycles. The molecule has 28 heteroatoms. The fourth-order valence-corrected chi connectivity index (χ4v) is 8.21. The van der Waals surface area contributed by atoms with Gasteiger partial charge in [-0.15, -0.1) is 0 Å². The van der Waals surface area contributed by atoms with E-state index < -0.39 is 84.6 Å². The first-order chi connectivity index (χ1) is 26.6. The lowest BCUT2D eigenvalue weighted by atomic mass is 9.87. The number of carbonyl (C=O) groups is 3. The van der Waals surface area contributed by atoms with Gasteiger partial charge in [-0.25, -0.2) is 28.6 Å². The van der Waals surface area contributed by atoms with E-state index in [-0.39, 0.29) is 41.6 Å². The molecule has 1 saturated heterocycles. The molecule has 2 amide bonds. The number of unbranched alkanes of at least 4 members (excludes halogenated alkanes) is 1. The number of aliphatic hydroxyl groups is 2. The molecule has 10 N–H and O–H groups in total. The molecule has 0 radical (unpaired) electrons. The number of hydrogen-bond acceptors (Lipinski definition) is 18. The topological polar surface area (TPSA) is 364 Å². The van der Waals surface area contributed by atoms with Crippen LogP contribution in [-0.4, -0.2) is 123 Å². The summed E-state index contributed by atoms with van der Waals surface area (Å²) in [4.78, 5) is 87.4. The molecule has 3 rings (SSSR count). The zero-order chi connectivity index (χ0) is 42.6. The molecule has 7 unspecified atom stereocenters. The third-order valence-electron chi connectivity index (χ3n) is 7.68. The Morgan fingerprint density at radius 2 is 1.77 bits per heavy atom. The number of anilines is 1. The van der Waals surface area contributed by atoms with Crippen LogP contribution in [0.1, 0.15) is 46.3 Å². The second kappa shape index (κ2) is 21.3. The SMILES string of the molecule is CCC/C=C/C=C/C(=O)SCCNC(=O)CCNC(=O)C(O)C(C)(C)COP(=O)(O)OP(=O)(O)OCC1OC(n2cnc3c(N)ncnc32)C(O)C1OP(=O)(O)O. The molecule has 24 nitrogen and oxygen atoms in total. The molecule has 0 saturated carbocycles. The fraction of sp³-hybridized carbons (Fsp3) is 0.586. The van der Waals surface area contributed by atoms with Crippen LogP contribution in [0.25, 0.3) is 11.2 Å². The number of imidazole rings is 1. The fourth-order valence-electron chi connectivity index (χ4n) is 4.81. The lowest BCUT2D eigenvalue weighted by Gasteiger charge is -2.30. The third kappa shape index (κ3) is 15.6. The van der Waals surface area contributed by atoms with E-state index in [4.69, 9.17) is 19.5 Å².